The van der Waals surface area contributed by atoms with E-state index in [1.54, 1.807) is 16.7 Å². The Morgan fingerprint density at radius 1 is 1.16 bits per heavy atom. The number of hydrogen-bond donors (Lipinski definition) is 2. The minimum Gasteiger partial charge on any atom is -0.497 e. The number of hydrogen-bond acceptors (Lipinski definition) is 8. The number of anilines is 2. The maximum atomic E-state index is 14.7. The van der Waals surface area contributed by atoms with Gasteiger partial charge < -0.3 is 29.2 Å². The van der Waals surface area contributed by atoms with Crippen molar-refractivity contribution in [3.8, 4) is 5.75 Å². The van der Waals surface area contributed by atoms with Crippen molar-refractivity contribution in [1.29, 1.82) is 0 Å². The Morgan fingerprint density at radius 3 is 2.59 bits per heavy atom. The molecule has 3 aliphatic rings. The zero-order chi connectivity index (χ0) is 31.2. The quantitative estimate of drug-likeness (QED) is 0.331. The van der Waals surface area contributed by atoms with Gasteiger partial charge in [0.2, 0.25) is 5.91 Å². The first-order chi connectivity index (χ1) is 21.1. The number of carbonyl (C=O) groups is 2. The van der Waals surface area contributed by atoms with Gasteiger partial charge in [0.05, 0.1) is 31.1 Å². The molecule has 1 aromatic heterocycles. The number of rotatable bonds is 10. The molecular weight excluding hydrogens is 578 g/mol. The predicted molar refractivity (Wildman–Crippen MR) is 167 cm³/mol. The van der Waals surface area contributed by atoms with E-state index < -0.39 is 13.9 Å². The summed E-state index contributed by atoms with van der Waals surface area (Å²) in [5.41, 5.74) is 2.54. The molecule has 234 valence electrons. The Balaban J connectivity index is 1.32. The van der Waals surface area contributed by atoms with Crippen molar-refractivity contribution in [2.75, 3.05) is 30.1 Å². The first kappa shape index (κ1) is 30.4. The molecule has 0 aliphatic carbocycles. The second-order valence-corrected chi connectivity index (χ2v) is 16.7. The molecule has 2 aromatic carbocycles. The van der Waals surface area contributed by atoms with Crippen LogP contribution in [0.25, 0.3) is 0 Å². The highest BCUT2D eigenvalue weighted by molar-refractivity contribution is 6.71. The summed E-state index contributed by atoms with van der Waals surface area (Å²) in [6.45, 7) is 7.41. The number of methoxy groups -OCH3 is 1. The van der Waals surface area contributed by atoms with Crippen LogP contribution in [0.1, 0.15) is 43.0 Å². The van der Waals surface area contributed by atoms with Crippen molar-refractivity contribution in [1.82, 2.24) is 15.0 Å². The van der Waals surface area contributed by atoms with Crippen LogP contribution in [0.5, 0.6) is 5.75 Å². The monoisotopic (exact) mass is 619 g/mol. The van der Waals surface area contributed by atoms with Crippen LogP contribution in [-0.4, -0.2) is 71.4 Å². The van der Waals surface area contributed by atoms with Crippen LogP contribution in [0.3, 0.4) is 0 Å². The fourth-order valence-corrected chi connectivity index (χ4v) is 10.0. The number of ether oxygens (including phenoxy) is 2. The van der Waals surface area contributed by atoms with Crippen LogP contribution < -0.4 is 14.5 Å². The van der Waals surface area contributed by atoms with E-state index in [1.165, 1.54) is 0 Å². The van der Waals surface area contributed by atoms with Gasteiger partial charge in [-0.1, -0.05) is 24.3 Å². The summed E-state index contributed by atoms with van der Waals surface area (Å²) in [4.78, 5) is 42.1. The molecule has 12 heteroatoms. The van der Waals surface area contributed by atoms with Crippen molar-refractivity contribution >= 4 is 31.5 Å². The molecule has 1 spiro atoms. The van der Waals surface area contributed by atoms with Gasteiger partial charge >= 0.3 is 0 Å². The van der Waals surface area contributed by atoms with Crippen molar-refractivity contribution in [3.05, 3.63) is 65.5 Å². The van der Waals surface area contributed by atoms with Crippen LogP contribution in [0.15, 0.2) is 48.7 Å². The lowest BCUT2D eigenvalue weighted by atomic mass is 9.82. The molecule has 4 atom stereocenters. The Labute approximate surface area is 258 Å². The Hall–Kier alpha value is -3.58. The van der Waals surface area contributed by atoms with Gasteiger partial charge in [-0.2, -0.15) is 0 Å². The topological polar surface area (TPSA) is 130 Å². The van der Waals surface area contributed by atoms with Crippen molar-refractivity contribution in [2.24, 2.45) is 5.92 Å². The number of aryl methyl sites for hydroxylation is 1. The minimum atomic E-state index is -2.82. The molecule has 0 unspecified atom stereocenters. The molecule has 4 heterocycles. The van der Waals surface area contributed by atoms with Gasteiger partial charge in [-0.15, -0.1) is 5.10 Å². The Bertz CT molecular complexity index is 1540. The summed E-state index contributed by atoms with van der Waals surface area (Å²) < 4.78 is 14.2. The van der Waals surface area contributed by atoms with Gasteiger partial charge in [-0.05, 0) is 61.8 Å². The molecule has 6 rings (SSSR count). The fraction of sp³-hybridized carbons (Fsp3) is 0.500. The number of aliphatic hydroxyl groups is 1. The number of aromatic nitrogens is 3. The lowest BCUT2D eigenvalue weighted by molar-refractivity contribution is -0.146. The number of amides is 2. The highest BCUT2D eigenvalue weighted by atomic mass is 28.4. The Morgan fingerprint density at radius 2 is 1.93 bits per heavy atom. The summed E-state index contributed by atoms with van der Waals surface area (Å²) in [7, 11) is -1.22. The maximum Gasteiger partial charge on any atom is 0.264 e. The second kappa shape index (κ2) is 11.7. The number of fused-ring (bicyclic) bond motifs is 2. The molecule has 3 aliphatic heterocycles. The minimum absolute atomic E-state index is 0.000582. The molecule has 2 saturated heterocycles. The van der Waals surface area contributed by atoms with E-state index >= 15 is 0 Å². The standard InChI is InChI=1S/C32H41N5O6Si/c1-21-30(44(3,4)41)28(13-16-35-20-23(14-17-38)33-34-35)43-32(21)26-18-25(42-2)11-12-27(26)37(31(32)40)19-22-7-9-24(10-8-22)36-15-5-6-29(36)39/h7-12,18,20-21,28,30,38,41H,5-6,13-17,19H2,1-4H3/t21-,28+,30-,32+/m0/s1. The normalized spacial score (nSPS) is 25.0. The predicted octanol–water partition coefficient (Wildman–Crippen LogP) is 3.38. The van der Waals surface area contributed by atoms with E-state index in [4.69, 9.17) is 9.47 Å². The molecule has 0 radical (unpaired) electrons. The molecule has 2 fully saturated rings. The van der Waals surface area contributed by atoms with E-state index in [0.29, 0.717) is 43.8 Å². The SMILES string of the molecule is COc1ccc2c(c1)[C@@]1(O[C@H](CCn3cc(CCO)nn3)[C@@H]([Si](C)(C)O)[C@@H]1C)C(=O)N2Cc1ccc(N2CCCC2=O)cc1. The number of benzene rings is 2. The Kier molecular flexibility index (Phi) is 8.12. The number of carbonyl (C=O) groups excluding carboxylic acids is 2. The highest BCUT2D eigenvalue weighted by Gasteiger charge is 2.66. The van der Waals surface area contributed by atoms with Gasteiger partial charge in [-0.25, -0.2) is 0 Å². The zero-order valence-corrected chi connectivity index (χ0v) is 26.8. The van der Waals surface area contributed by atoms with E-state index in [1.807, 2.05) is 73.6 Å². The summed E-state index contributed by atoms with van der Waals surface area (Å²) in [5, 5.41) is 17.6. The molecule has 0 bridgehead atoms. The number of nitrogens with zero attached hydrogens (tertiary/aromatic N) is 5. The summed E-state index contributed by atoms with van der Waals surface area (Å²) >= 11 is 0. The maximum absolute atomic E-state index is 14.7. The van der Waals surface area contributed by atoms with Gasteiger partial charge in [0.25, 0.3) is 5.91 Å². The van der Waals surface area contributed by atoms with Crippen molar-refractivity contribution < 1.29 is 29.0 Å². The summed E-state index contributed by atoms with van der Waals surface area (Å²) in [6, 6.07) is 13.5. The van der Waals surface area contributed by atoms with Gasteiger partial charge in [0.1, 0.15) is 5.75 Å². The van der Waals surface area contributed by atoms with Crippen LogP contribution in [0.2, 0.25) is 18.6 Å². The summed E-state index contributed by atoms with van der Waals surface area (Å²) in [5.74, 6) is 0.321. The zero-order valence-electron chi connectivity index (χ0n) is 25.8. The molecule has 11 nitrogen and oxygen atoms in total. The van der Waals surface area contributed by atoms with Crippen LogP contribution in [-0.2, 0) is 39.4 Å². The third kappa shape index (κ3) is 5.23. The van der Waals surface area contributed by atoms with Gasteiger partial charge in [-0.3, -0.25) is 14.3 Å². The van der Waals surface area contributed by atoms with E-state index in [0.717, 1.165) is 35.5 Å². The van der Waals surface area contributed by atoms with Crippen molar-refractivity contribution in [3.63, 3.8) is 0 Å². The van der Waals surface area contributed by atoms with E-state index in [2.05, 4.69) is 10.3 Å². The van der Waals surface area contributed by atoms with Crippen molar-refractivity contribution in [2.45, 2.75) is 76.0 Å². The first-order valence-corrected chi connectivity index (χ1v) is 18.4. The van der Waals surface area contributed by atoms with Gasteiger partial charge in [0.15, 0.2) is 13.9 Å². The smallest absolute Gasteiger partial charge is 0.264 e. The second-order valence-electron chi connectivity index (χ2n) is 12.7. The first-order valence-electron chi connectivity index (χ1n) is 15.4. The molecule has 2 N–H and O–H groups in total. The van der Waals surface area contributed by atoms with Crippen LogP contribution in [0.4, 0.5) is 11.4 Å². The van der Waals surface area contributed by atoms with Gasteiger partial charge in [0, 0.05) is 61.4 Å². The molecular formula is C32H41N5O6Si. The lowest BCUT2D eigenvalue weighted by Gasteiger charge is -2.32. The fourth-order valence-electron chi connectivity index (χ4n) is 7.43. The van der Waals surface area contributed by atoms with Crippen LogP contribution >= 0.6 is 0 Å². The van der Waals surface area contributed by atoms with Crippen LogP contribution in [0, 0.1) is 5.92 Å². The molecule has 0 saturated carbocycles. The van der Waals surface area contributed by atoms with E-state index in [9.17, 15) is 19.5 Å². The molecule has 44 heavy (non-hydrogen) atoms. The third-order valence-electron chi connectivity index (χ3n) is 9.45. The largest absolute Gasteiger partial charge is 0.497 e. The average molecular weight is 620 g/mol. The highest BCUT2D eigenvalue weighted by Crippen LogP contribution is 2.60. The summed E-state index contributed by atoms with van der Waals surface area (Å²) in [6.07, 6.45) is 3.84. The van der Waals surface area contributed by atoms with E-state index in [-0.39, 0.29) is 36.0 Å². The number of aliphatic hydroxyl groups excluding tert-OH is 1. The molecule has 3 aromatic rings. The lowest BCUT2D eigenvalue weighted by Crippen LogP contribution is -2.46. The molecule has 2 amide bonds. The average Bonchev–Trinajstić information content (AvgIpc) is 3.75. The third-order valence-corrected chi connectivity index (χ3v) is 12.0.